The van der Waals surface area contributed by atoms with Crippen LogP contribution in [0.25, 0.3) is 5.69 Å². The third-order valence-corrected chi connectivity index (χ3v) is 4.07. The van der Waals surface area contributed by atoms with Crippen LogP contribution in [-0.2, 0) is 0 Å². The van der Waals surface area contributed by atoms with Gasteiger partial charge in [0.1, 0.15) is 5.82 Å². The van der Waals surface area contributed by atoms with E-state index in [2.05, 4.69) is 41.9 Å². The molecule has 1 aromatic carbocycles. The van der Waals surface area contributed by atoms with Crippen LogP contribution in [-0.4, -0.2) is 25.8 Å². The van der Waals surface area contributed by atoms with Crippen molar-refractivity contribution in [3.05, 3.63) is 38.8 Å². The lowest BCUT2D eigenvalue weighted by Crippen LogP contribution is -2.04. The summed E-state index contributed by atoms with van der Waals surface area (Å²) in [6.07, 6.45) is 2.06. The first-order chi connectivity index (χ1) is 9.06. The molecule has 1 aliphatic rings. The summed E-state index contributed by atoms with van der Waals surface area (Å²) in [4.78, 5) is 15.2. The average Bonchev–Trinajstić information content (AvgIpc) is 3.11. The molecule has 1 aromatic heterocycles. The maximum atomic E-state index is 11.0. The predicted molar refractivity (Wildman–Crippen MR) is 75.7 cm³/mol. The second kappa shape index (κ2) is 4.72. The molecule has 0 aliphatic heterocycles. The summed E-state index contributed by atoms with van der Waals surface area (Å²) < 4.78 is 3.37. The molecule has 1 fully saturated rings. The highest BCUT2D eigenvalue weighted by molar-refractivity contribution is 9.11. The van der Waals surface area contributed by atoms with Gasteiger partial charge in [-0.2, -0.15) is 0 Å². The number of carboxylic acids is 1. The van der Waals surface area contributed by atoms with Crippen LogP contribution in [0.2, 0.25) is 0 Å². The van der Waals surface area contributed by atoms with Gasteiger partial charge in [-0.25, -0.2) is 14.5 Å². The van der Waals surface area contributed by atoms with Gasteiger partial charge < -0.3 is 5.11 Å². The number of hydrogen-bond acceptors (Lipinski definition) is 3. The molecule has 0 unspecified atom stereocenters. The normalized spacial score (nSPS) is 14.6. The Labute approximate surface area is 125 Å². The smallest absolute Gasteiger partial charge is 0.375 e. The van der Waals surface area contributed by atoms with E-state index in [0.717, 1.165) is 33.3 Å². The van der Waals surface area contributed by atoms with Crippen LogP contribution in [0, 0.1) is 0 Å². The minimum absolute atomic E-state index is 0.159. The van der Waals surface area contributed by atoms with Crippen LogP contribution >= 0.6 is 31.9 Å². The molecule has 0 radical (unpaired) electrons. The molecular weight excluding hydrogens is 378 g/mol. The Morgan fingerprint density at radius 3 is 2.74 bits per heavy atom. The SMILES string of the molecule is O=C(O)c1nc(C2CC2)n(-c2cc(Br)ccc2Br)n1. The number of carbonyl (C=O) groups is 1. The molecule has 1 saturated carbocycles. The summed E-state index contributed by atoms with van der Waals surface area (Å²) in [5, 5.41) is 13.1. The third-order valence-electron chi connectivity index (χ3n) is 2.90. The van der Waals surface area contributed by atoms with Crippen molar-refractivity contribution in [2.45, 2.75) is 18.8 Å². The Balaban J connectivity index is 2.17. The van der Waals surface area contributed by atoms with Crippen molar-refractivity contribution in [3.8, 4) is 5.69 Å². The molecule has 1 aliphatic carbocycles. The van der Waals surface area contributed by atoms with Crippen molar-refractivity contribution in [2.75, 3.05) is 0 Å². The molecule has 1 heterocycles. The highest BCUT2D eigenvalue weighted by atomic mass is 79.9. The summed E-state index contributed by atoms with van der Waals surface area (Å²) in [5.41, 5.74) is 0.788. The van der Waals surface area contributed by atoms with Crippen LogP contribution < -0.4 is 0 Å². The van der Waals surface area contributed by atoms with E-state index in [1.807, 2.05) is 18.2 Å². The first kappa shape index (κ1) is 12.8. The Kier molecular flexibility index (Phi) is 3.18. The highest BCUT2D eigenvalue weighted by Crippen LogP contribution is 2.40. The van der Waals surface area contributed by atoms with Gasteiger partial charge in [-0.15, -0.1) is 5.10 Å². The zero-order chi connectivity index (χ0) is 13.6. The van der Waals surface area contributed by atoms with Crippen molar-refractivity contribution in [1.82, 2.24) is 14.8 Å². The molecule has 98 valence electrons. The summed E-state index contributed by atoms with van der Waals surface area (Å²) in [5.74, 6) is -0.233. The summed E-state index contributed by atoms with van der Waals surface area (Å²) >= 11 is 6.87. The van der Waals surface area contributed by atoms with Gasteiger partial charge in [0.05, 0.1) is 5.69 Å². The summed E-state index contributed by atoms with van der Waals surface area (Å²) in [6, 6.07) is 5.67. The summed E-state index contributed by atoms with van der Waals surface area (Å²) in [7, 11) is 0. The molecule has 5 nitrogen and oxygen atoms in total. The first-order valence-electron chi connectivity index (χ1n) is 5.72. The fraction of sp³-hybridized carbons (Fsp3) is 0.250. The summed E-state index contributed by atoms with van der Waals surface area (Å²) in [6.45, 7) is 0. The van der Waals surface area contributed by atoms with Crippen LogP contribution in [0.1, 0.15) is 35.2 Å². The number of rotatable bonds is 3. The van der Waals surface area contributed by atoms with Gasteiger partial charge in [0, 0.05) is 14.9 Å². The number of aromatic carboxylic acids is 1. The second-order valence-electron chi connectivity index (χ2n) is 4.38. The molecule has 0 saturated heterocycles. The standard InChI is InChI=1S/C12H9Br2N3O2/c13-7-3-4-8(14)9(5-7)17-11(6-1-2-6)15-10(16-17)12(18)19/h3-6H,1-2H2,(H,18,19). The van der Waals surface area contributed by atoms with E-state index in [9.17, 15) is 4.79 Å². The lowest BCUT2D eigenvalue weighted by atomic mass is 10.3. The maximum Gasteiger partial charge on any atom is 0.375 e. The largest absolute Gasteiger partial charge is 0.475 e. The number of benzene rings is 1. The van der Waals surface area contributed by atoms with Crippen LogP contribution in [0.4, 0.5) is 0 Å². The van der Waals surface area contributed by atoms with Crippen LogP contribution in [0.3, 0.4) is 0 Å². The van der Waals surface area contributed by atoms with Gasteiger partial charge >= 0.3 is 5.97 Å². The number of carboxylic acid groups (broad SMARTS) is 1. The molecule has 3 rings (SSSR count). The molecule has 19 heavy (non-hydrogen) atoms. The topological polar surface area (TPSA) is 68.0 Å². The Morgan fingerprint density at radius 2 is 2.11 bits per heavy atom. The molecule has 2 aromatic rings. The van der Waals surface area contributed by atoms with E-state index < -0.39 is 5.97 Å². The van der Waals surface area contributed by atoms with E-state index >= 15 is 0 Å². The highest BCUT2D eigenvalue weighted by Gasteiger charge is 2.31. The first-order valence-corrected chi connectivity index (χ1v) is 7.30. The fourth-order valence-electron chi connectivity index (χ4n) is 1.85. The third kappa shape index (κ3) is 2.44. The number of aromatic nitrogens is 3. The van der Waals surface area contributed by atoms with E-state index in [4.69, 9.17) is 5.11 Å². The lowest BCUT2D eigenvalue weighted by molar-refractivity contribution is 0.0683. The van der Waals surface area contributed by atoms with Crippen molar-refractivity contribution >= 4 is 37.8 Å². The predicted octanol–water partition coefficient (Wildman–Crippen LogP) is 3.37. The van der Waals surface area contributed by atoms with Crippen LogP contribution in [0.5, 0.6) is 0 Å². The molecule has 0 amide bonds. The lowest BCUT2D eigenvalue weighted by Gasteiger charge is -2.07. The van der Waals surface area contributed by atoms with Gasteiger partial charge in [0.2, 0.25) is 0 Å². The average molecular weight is 387 g/mol. The molecular formula is C12H9Br2N3O2. The van der Waals surface area contributed by atoms with Gasteiger partial charge in [0.25, 0.3) is 5.82 Å². The Hall–Kier alpha value is -1.21. The van der Waals surface area contributed by atoms with Gasteiger partial charge in [0.15, 0.2) is 0 Å². The molecule has 1 N–H and O–H groups in total. The number of nitrogens with zero attached hydrogens (tertiary/aromatic N) is 3. The van der Waals surface area contributed by atoms with Crippen molar-refractivity contribution < 1.29 is 9.90 Å². The fourth-order valence-corrected chi connectivity index (χ4v) is 2.61. The van der Waals surface area contributed by atoms with E-state index in [-0.39, 0.29) is 5.82 Å². The number of hydrogen-bond donors (Lipinski definition) is 1. The van der Waals surface area contributed by atoms with Crippen molar-refractivity contribution in [2.24, 2.45) is 0 Å². The Morgan fingerprint density at radius 1 is 1.37 bits per heavy atom. The molecule has 7 heteroatoms. The van der Waals surface area contributed by atoms with Crippen molar-refractivity contribution in [3.63, 3.8) is 0 Å². The van der Waals surface area contributed by atoms with E-state index in [1.54, 1.807) is 4.68 Å². The zero-order valence-electron chi connectivity index (χ0n) is 9.68. The van der Waals surface area contributed by atoms with Crippen LogP contribution in [0.15, 0.2) is 27.1 Å². The monoisotopic (exact) mass is 385 g/mol. The minimum Gasteiger partial charge on any atom is -0.475 e. The Bertz CT molecular complexity index is 665. The maximum absolute atomic E-state index is 11.0. The van der Waals surface area contributed by atoms with Gasteiger partial charge in [-0.05, 0) is 47.0 Å². The van der Waals surface area contributed by atoms with Crippen molar-refractivity contribution in [1.29, 1.82) is 0 Å². The van der Waals surface area contributed by atoms with E-state index in [1.165, 1.54) is 0 Å². The number of halogens is 2. The molecule has 0 atom stereocenters. The zero-order valence-corrected chi connectivity index (χ0v) is 12.8. The van der Waals surface area contributed by atoms with Gasteiger partial charge in [-0.3, -0.25) is 0 Å². The molecule has 0 spiro atoms. The van der Waals surface area contributed by atoms with E-state index in [0.29, 0.717) is 5.92 Å². The van der Waals surface area contributed by atoms with Gasteiger partial charge in [-0.1, -0.05) is 15.9 Å². The molecule has 0 bridgehead atoms. The quantitative estimate of drug-likeness (QED) is 0.877. The second-order valence-corrected chi connectivity index (χ2v) is 6.15. The minimum atomic E-state index is -1.10.